The molecule has 78 heavy (non-hydrogen) atoms. The number of nitrogens with two attached hydrogens (primary N) is 5. The summed E-state index contributed by atoms with van der Waals surface area (Å²) in [5, 5.41) is 12.0. The fraction of sp³-hybridized carbons (Fsp3) is 0.472. The van der Waals surface area contributed by atoms with Gasteiger partial charge in [-0.05, 0) is 56.2 Å². The van der Waals surface area contributed by atoms with E-state index in [2.05, 4.69) is 46.2 Å². The number of ketones is 4. The molecule has 2 aromatic carbocycles. The molecule has 420 valence electrons. The number of para-hydroxylation sites is 1. The van der Waals surface area contributed by atoms with Crippen molar-refractivity contribution < 1.29 is 43.2 Å². The van der Waals surface area contributed by atoms with Crippen molar-refractivity contribution in [3.05, 3.63) is 90.1 Å². The summed E-state index contributed by atoms with van der Waals surface area (Å²) in [5.74, 6) is -9.98. The maximum absolute atomic E-state index is 14.8. The highest BCUT2D eigenvalue weighted by molar-refractivity contribution is 8.76. The number of hydrogen-bond donors (Lipinski definition) is 11. The molecular formula is C53H72N14O9S2. The van der Waals surface area contributed by atoms with E-state index in [9.17, 15) is 43.2 Å². The average molecular weight is 1110 g/mol. The molecule has 0 saturated carbocycles. The SMILES string of the molecule is CC(=O)N[C@@H](CCCN=C(N)N)C(=O)C[C@H]1CSSC[C@@H](C(N)=O)CC(=O)[C@H](Cc2c[nH]c3ccccc23)NC(=O)[C@H](CCCN=C(N)N)CC(=O)[C@@H](Cc2ccccc2)NC(=O)[C@H](Cc2cnc[nH]2)CC(=O)[C@@H](C)NC1=O. The molecule has 2 aromatic heterocycles. The molecule has 23 nitrogen and oxygen atoms in total. The number of aromatic nitrogens is 3. The second-order valence-corrected chi connectivity index (χ2v) is 22.0. The second kappa shape index (κ2) is 31.0. The third kappa shape index (κ3) is 20.1. The van der Waals surface area contributed by atoms with Gasteiger partial charge in [-0.25, -0.2) is 4.98 Å². The standard InChI is InChI=1S/C53H72N14O9S2/c1-30-44(69)22-34(19-38-26-59-29-63-38)50(75)66-42(18-32-10-4-3-5-11-32)46(71)21-33(12-8-16-60-52(55)56)49(74)67-43(20-35-25-62-40-14-7-6-13-39(35)40)47(72)23-36(48(54)73)27-77-78-28-37(51(76)64-30)24-45(70)41(65-31(2)68)15-9-17-61-53(57)58/h3-7,10-11,13-14,25-26,29-30,33-34,36-37,41-43,62H,8-9,12,15-24,27-28H2,1-2H3,(H2,54,73)(H,59,63)(H,64,76)(H,65,68)(H,66,75)(H,67,74)(H4,55,56,60)(H4,57,58,61)/t30-,33-,34-,36+,37+,41+,42-,43+/m1/s1. The number of aliphatic imine (C=N–C) groups is 2. The Labute approximate surface area is 460 Å². The molecule has 0 bridgehead atoms. The first-order chi connectivity index (χ1) is 37.3. The molecule has 3 heterocycles. The number of imidazole rings is 1. The largest absolute Gasteiger partial charge is 0.370 e. The number of carbonyl (C=O) groups excluding carboxylic acids is 9. The molecule has 25 heteroatoms. The van der Waals surface area contributed by atoms with E-state index in [-0.39, 0.29) is 81.5 Å². The molecule has 0 aliphatic carbocycles. The van der Waals surface area contributed by atoms with Gasteiger partial charge in [-0.15, -0.1) is 0 Å². The van der Waals surface area contributed by atoms with E-state index in [1.54, 1.807) is 36.5 Å². The minimum atomic E-state index is -1.22. The van der Waals surface area contributed by atoms with Crippen molar-refractivity contribution in [1.29, 1.82) is 0 Å². The van der Waals surface area contributed by atoms with Gasteiger partial charge < -0.3 is 59.9 Å². The summed E-state index contributed by atoms with van der Waals surface area (Å²) in [4.78, 5) is 145. The van der Waals surface area contributed by atoms with Crippen molar-refractivity contribution in [3.63, 3.8) is 0 Å². The zero-order chi connectivity index (χ0) is 56.7. The van der Waals surface area contributed by atoms with Gasteiger partial charge in [-0.3, -0.25) is 53.1 Å². The first kappa shape index (κ1) is 61.3. The zero-order valence-electron chi connectivity index (χ0n) is 43.9. The lowest BCUT2D eigenvalue weighted by molar-refractivity contribution is -0.135. The number of aromatic amines is 2. The highest BCUT2D eigenvalue weighted by atomic mass is 33.1. The molecule has 5 rings (SSSR count). The van der Waals surface area contributed by atoms with Crippen LogP contribution in [0.5, 0.6) is 0 Å². The van der Waals surface area contributed by atoms with Crippen LogP contribution in [0.2, 0.25) is 0 Å². The molecular weight excluding hydrogens is 1040 g/mol. The van der Waals surface area contributed by atoms with Gasteiger partial charge in [0.25, 0.3) is 0 Å². The van der Waals surface area contributed by atoms with Crippen molar-refractivity contribution in [2.24, 2.45) is 62.3 Å². The van der Waals surface area contributed by atoms with Crippen LogP contribution >= 0.6 is 21.6 Å². The summed E-state index contributed by atoms with van der Waals surface area (Å²) in [7, 11) is 2.27. The van der Waals surface area contributed by atoms with Crippen LogP contribution in [0.4, 0.5) is 0 Å². The number of nitrogens with one attached hydrogen (secondary N) is 6. The van der Waals surface area contributed by atoms with Gasteiger partial charge in [-0.2, -0.15) is 0 Å². The number of primary amides is 1. The lowest BCUT2D eigenvalue weighted by Gasteiger charge is -2.26. The monoisotopic (exact) mass is 1110 g/mol. The molecule has 0 unspecified atom stereocenters. The Morgan fingerprint density at radius 3 is 1.99 bits per heavy atom. The predicted molar refractivity (Wildman–Crippen MR) is 300 cm³/mol. The van der Waals surface area contributed by atoms with Gasteiger partial charge in [0.2, 0.25) is 29.5 Å². The smallest absolute Gasteiger partial charge is 0.224 e. The summed E-state index contributed by atoms with van der Waals surface area (Å²) in [6, 6.07) is 11.7. The number of H-pyrrole nitrogens is 2. The maximum atomic E-state index is 14.8. The maximum Gasteiger partial charge on any atom is 0.224 e. The Balaban J connectivity index is 1.55. The predicted octanol–water partition coefficient (Wildman–Crippen LogP) is 1.19. The van der Waals surface area contributed by atoms with E-state index < -0.39 is 120 Å². The van der Waals surface area contributed by atoms with E-state index in [1.807, 2.05) is 24.3 Å². The first-order valence-corrected chi connectivity index (χ1v) is 28.3. The van der Waals surface area contributed by atoms with E-state index in [4.69, 9.17) is 28.7 Å². The molecule has 1 aliphatic heterocycles. The highest BCUT2D eigenvalue weighted by Crippen LogP contribution is 2.30. The van der Waals surface area contributed by atoms with E-state index >= 15 is 0 Å². The third-order valence-corrected chi connectivity index (χ3v) is 15.9. The van der Waals surface area contributed by atoms with Crippen molar-refractivity contribution >= 4 is 97.1 Å². The van der Waals surface area contributed by atoms with E-state index in [1.165, 1.54) is 26.4 Å². The fourth-order valence-corrected chi connectivity index (χ4v) is 11.6. The zero-order valence-corrected chi connectivity index (χ0v) is 45.5. The lowest BCUT2D eigenvalue weighted by Crippen LogP contribution is -2.49. The summed E-state index contributed by atoms with van der Waals surface area (Å²) < 4.78 is 0. The number of guanidine groups is 2. The van der Waals surface area contributed by atoms with Crippen LogP contribution in [-0.4, -0.2) is 128 Å². The van der Waals surface area contributed by atoms with Crippen molar-refractivity contribution in [2.75, 3.05) is 24.6 Å². The highest BCUT2D eigenvalue weighted by Gasteiger charge is 2.36. The Morgan fingerprint density at radius 1 is 0.705 bits per heavy atom. The molecule has 0 radical (unpaired) electrons. The number of benzene rings is 2. The molecule has 8 atom stereocenters. The van der Waals surface area contributed by atoms with Crippen LogP contribution in [0, 0.1) is 23.7 Å². The molecule has 5 amide bonds. The van der Waals surface area contributed by atoms with Crippen LogP contribution in [0.15, 0.2) is 83.3 Å². The van der Waals surface area contributed by atoms with E-state index in [0.717, 1.165) is 32.5 Å². The first-order valence-electron chi connectivity index (χ1n) is 25.8. The summed E-state index contributed by atoms with van der Waals surface area (Å²) in [6.45, 7) is 3.00. The number of rotatable bonds is 19. The van der Waals surface area contributed by atoms with E-state index in [0.29, 0.717) is 23.2 Å². The van der Waals surface area contributed by atoms with Gasteiger partial charge in [-0.1, -0.05) is 70.1 Å². The van der Waals surface area contributed by atoms with Crippen molar-refractivity contribution in [1.82, 2.24) is 36.2 Å². The molecule has 0 spiro atoms. The lowest BCUT2D eigenvalue weighted by atomic mass is 9.89. The third-order valence-electron chi connectivity index (χ3n) is 13.3. The Bertz CT molecular complexity index is 2760. The second-order valence-electron chi connectivity index (χ2n) is 19.5. The van der Waals surface area contributed by atoms with Gasteiger partial charge in [0, 0.05) is 105 Å². The molecule has 1 saturated heterocycles. The number of carbonyl (C=O) groups is 9. The minimum Gasteiger partial charge on any atom is -0.370 e. The molecule has 1 fully saturated rings. The van der Waals surface area contributed by atoms with Crippen molar-refractivity contribution in [3.8, 4) is 0 Å². The summed E-state index contributed by atoms with van der Waals surface area (Å²) >= 11 is 0. The molecule has 4 aromatic rings. The van der Waals surface area contributed by atoms with Gasteiger partial charge in [0.05, 0.1) is 48.2 Å². The van der Waals surface area contributed by atoms with Crippen LogP contribution in [0.3, 0.4) is 0 Å². The number of Topliss-reactive ketones (excluding diaryl/α,β-unsaturated/α-hetero) is 4. The Hall–Kier alpha value is -7.54. The summed E-state index contributed by atoms with van der Waals surface area (Å²) in [6.07, 6.45) is 3.89. The number of nitrogens with zero attached hydrogens (tertiary/aromatic N) is 3. The molecule has 16 N–H and O–H groups in total. The van der Waals surface area contributed by atoms with Gasteiger partial charge in [0.15, 0.2) is 35.1 Å². The quantitative estimate of drug-likeness (QED) is 0.0272. The number of hydrogen-bond acceptors (Lipinski definition) is 14. The van der Waals surface area contributed by atoms with Gasteiger partial charge in [0.1, 0.15) is 0 Å². The Morgan fingerprint density at radius 2 is 1.32 bits per heavy atom. The van der Waals surface area contributed by atoms with Crippen molar-refractivity contribution in [2.45, 2.75) is 109 Å². The van der Waals surface area contributed by atoms with Crippen LogP contribution in [-0.2, 0) is 62.4 Å². The minimum absolute atomic E-state index is 0.00321. The normalized spacial score (nSPS) is 22.1. The fourth-order valence-electron chi connectivity index (χ4n) is 9.01. The molecule has 1 aliphatic rings. The van der Waals surface area contributed by atoms with Gasteiger partial charge >= 0.3 is 0 Å². The average Bonchev–Trinajstić information content (AvgIpc) is 4.10. The van der Waals surface area contributed by atoms with Crippen LogP contribution in [0.25, 0.3) is 10.9 Å². The Kier molecular flexibility index (Phi) is 24.4. The summed E-state index contributed by atoms with van der Waals surface area (Å²) in [5.41, 5.74) is 30.8. The number of fused-ring (bicyclic) bond motifs is 1. The van der Waals surface area contributed by atoms with Crippen LogP contribution < -0.4 is 49.9 Å². The topological polar surface area (TPSA) is 401 Å². The number of amides is 5. The van der Waals surface area contributed by atoms with Crippen LogP contribution in [0.1, 0.15) is 82.0 Å².